The van der Waals surface area contributed by atoms with Gasteiger partial charge in [0, 0.05) is 16.9 Å². The summed E-state index contributed by atoms with van der Waals surface area (Å²) in [4.78, 5) is 16.7. The Balaban J connectivity index is 1.60. The molecule has 0 radical (unpaired) electrons. The van der Waals surface area contributed by atoms with E-state index in [1.807, 2.05) is 30.3 Å². The van der Waals surface area contributed by atoms with Gasteiger partial charge in [-0.2, -0.15) is 0 Å². The van der Waals surface area contributed by atoms with E-state index in [1.54, 1.807) is 0 Å². The van der Waals surface area contributed by atoms with E-state index in [0.29, 0.717) is 12.2 Å². The van der Waals surface area contributed by atoms with E-state index in [9.17, 15) is 4.79 Å². The lowest BCUT2D eigenvalue weighted by Crippen LogP contribution is -2.24. The molecule has 0 amide bonds. The predicted octanol–water partition coefficient (Wildman–Crippen LogP) is 6.61. The zero-order valence-corrected chi connectivity index (χ0v) is 16.2. The largest absolute Gasteiger partial charge is 0.457 e. The number of esters is 1. The van der Waals surface area contributed by atoms with Crippen molar-refractivity contribution >= 4 is 40.1 Å². The lowest BCUT2D eigenvalue weighted by atomic mass is 10.0. The number of ether oxygens (including phenoxy) is 1. The average Bonchev–Trinajstić information content (AvgIpc) is 3.18. The SMILES string of the molecule is O=C1OCc2ccc(N3c4ccccc4N(c4ccccc4)c4ccccc43)cc21. The summed E-state index contributed by atoms with van der Waals surface area (Å²) in [7, 11) is 0. The highest BCUT2D eigenvalue weighted by atomic mass is 16.5. The van der Waals surface area contributed by atoms with E-state index >= 15 is 0 Å². The van der Waals surface area contributed by atoms with Crippen LogP contribution >= 0.6 is 0 Å². The molecular weight excluding hydrogens is 372 g/mol. The van der Waals surface area contributed by atoms with Crippen LogP contribution in [0, 0.1) is 0 Å². The molecule has 0 atom stereocenters. The van der Waals surface area contributed by atoms with Crippen molar-refractivity contribution in [2.75, 3.05) is 9.80 Å². The van der Waals surface area contributed by atoms with Gasteiger partial charge in [-0.15, -0.1) is 0 Å². The monoisotopic (exact) mass is 390 g/mol. The fourth-order valence-electron chi connectivity index (χ4n) is 4.32. The molecule has 30 heavy (non-hydrogen) atoms. The second-order valence-electron chi connectivity index (χ2n) is 7.40. The van der Waals surface area contributed by atoms with Crippen molar-refractivity contribution in [2.24, 2.45) is 0 Å². The molecule has 0 aromatic heterocycles. The minimum Gasteiger partial charge on any atom is -0.457 e. The van der Waals surface area contributed by atoms with E-state index in [1.165, 1.54) is 0 Å². The third kappa shape index (κ3) is 2.44. The second-order valence-corrected chi connectivity index (χ2v) is 7.40. The van der Waals surface area contributed by atoms with E-state index in [0.717, 1.165) is 39.7 Å². The van der Waals surface area contributed by atoms with Crippen LogP contribution in [0.25, 0.3) is 0 Å². The molecule has 0 unspecified atom stereocenters. The molecular formula is C26H18N2O2. The van der Waals surface area contributed by atoms with Crippen molar-refractivity contribution in [3.8, 4) is 0 Å². The van der Waals surface area contributed by atoms with Gasteiger partial charge in [0.05, 0.1) is 28.3 Å². The van der Waals surface area contributed by atoms with Gasteiger partial charge >= 0.3 is 5.97 Å². The van der Waals surface area contributed by atoms with Gasteiger partial charge in [-0.1, -0.05) is 48.5 Å². The number of fused-ring (bicyclic) bond motifs is 3. The summed E-state index contributed by atoms with van der Waals surface area (Å²) < 4.78 is 5.21. The highest BCUT2D eigenvalue weighted by Crippen LogP contribution is 2.53. The number of hydrogen-bond acceptors (Lipinski definition) is 4. The van der Waals surface area contributed by atoms with Gasteiger partial charge in [-0.3, -0.25) is 0 Å². The molecule has 6 rings (SSSR count). The number of hydrogen-bond donors (Lipinski definition) is 0. The van der Waals surface area contributed by atoms with Gasteiger partial charge in [-0.05, 0) is 48.5 Å². The van der Waals surface area contributed by atoms with Crippen LogP contribution in [-0.2, 0) is 11.3 Å². The number of cyclic esters (lactones) is 1. The van der Waals surface area contributed by atoms with E-state index in [4.69, 9.17) is 4.74 Å². The Bertz CT molecular complexity index is 1240. The molecule has 0 saturated heterocycles. The molecule has 0 N–H and O–H groups in total. The van der Waals surface area contributed by atoms with Gasteiger partial charge in [0.15, 0.2) is 0 Å². The van der Waals surface area contributed by atoms with Gasteiger partial charge < -0.3 is 14.5 Å². The Kier molecular flexibility index (Phi) is 3.65. The maximum Gasteiger partial charge on any atom is 0.338 e. The minimum atomic E-state index is -0.253. The summed E-state index contributed by atoms with van der Waals surface area (Å²) in [6.07, 6.45) is 0. The zero-order chi connectivity index (χ0) is 20.1. The number of benzene rings is 4. The van der Waals surface area contributed by atoms with Crippen molar-refractivity contribution in [2.45, 2.75) is 6.61 Å². The molecule has 144 valence electrons. The zero-order valence-electron chi connectivity index (χ0n) is 16.2. The summed E-state index contributed by atoms with van der Waals surface area (Å²) in [6, 6.07) is 33.1. The van der Waals surface area contributed by atoms with Crippen LogP contribution in [0.3, 0.4) is 0 Å². The van der Waals surface area contributed by atoms with Crippen LogP contribution in [0.2, 0.25) is 0 Å². The third-order valence-electron chi connectivity index (χ3n) is 5.67. The number of anilines is 6. The van der Waals surface area contributed by atoms with Crippen LogP contribution in [0.1, 0.15) is 15.9 Å². The smallest absolute Gasteiger partial charge is 0.338 e. The van der Waals surface area contributed by atoms with Gasteiger partial charge in [-0.25, -0.2) is 4.79 Å². The van der Waals surface area contributed by atoms with Crippen molar-refractivity contribution in [1.82, 2.24) is 0 Å². The average molecular weight is 390 g/mol. The van der Waals surface area contributed by atoms with Crippen LogP contribution in [-0.4, -0.2) is 5.97 Å². The van der Waals surface area contributed by atoms with Crippen molar-refractivity contribution < 1.29 is 9.53 Å². The van der Waals surface area contributed by atoms with Crippen LogP contribution in [0.5, 0.6) is 0 Å². The summed E-state index contributed by atoms with van der Waals surface area (Å²) >= 11 is 0. The Labute approximate surface area is 174 Å². The summed E-state index contributed by atoms with van der Waals surface area (Å²) in [5, 5.41) is 0. The third-order valence-corrected chi connectivity index (χ3v) is 5.67. The Morgan fingerprint density at radius 3 is 1.73 bits per heavy atom. The number of nitrogens with zero attached hydrogens (tertiary/aromatic N) is 2. The van der Waals surface area contributed by atoms with Gasteiger partial charge in [0.1, 0.15) is 6.61 Å². The van der Waals surface area contributed by atoms with Gasteiger partial charge in [0.2, 0.25) is 0 Å². The molecule has 4 nitrogen and oxygen atoms in total. The van der Waals surface area contributed by atoms with Crippen molar-refractivity contribution in [1.29, 1.82) is 0 Å². The molecule has 0 bridgehead atoms. The molecule has 0 spiro atoms. The quantitative estimate of drug-likeness (QED) is 0.318. The molecule has 2 heterocycles. The molecule has 4 heteroatoms. The molecule has 0 saturated carbocycles. The molecule has 2 aliphatic heterocycles. The topological polar surface area (TPSA) is 32.8 Å². The minimum absolute atomic E-state index is 0.253. The highest BCUT2D eigenvalue weighted by molar-refractivity contribution is 6.02. The molecule has 0 aliphatic carbocycles. The number of carbonyl (C=O) groups excluding carboxylic acids is 1. The Morgan fingerprint density at radius 2 is 1.13 bits per heavy atom. The first-order valence-corrected chi connectivity index (χ1v) is 9.95. The summed E-state index contributed by atoms with van der Waals surface area (Å²) in [5.74, 6) is -0.253. The molecule has 4 aromatic carbocycles. The van der Waals surface area contributed by atoms with Crippen molar-refractivity contribution in [3.05, 3.63) is 108 Å². The lowest BCUT2D eigenvalue weighted by Gasteiger charge is -2.40. The van der Waals surface area contributed by atoms with Crippen LogP contribution in [0.15, 0.2) is 97.1 Å². The highest BCUT2D eigenvalue weighted by Gasteiger charge is 2.31. The van der Waals surface area contributed by atoms with Crippen LogP contribution in [0.4, 0.5) is 34.1 Å². The fraction of sp³-hybridized carbons (Fsp3) is 0.0385. The first-order chi connectivity index (χ1) is 14.8. The number of carbonyl (C=O) groups is 1. The second kappa shape index (κ2) is 6.49. The number of para-hydroxylation sites is 5. The van der Waals surface area contributed by atoms with E-state index in [-0.39, 0.29) is 5.97 Å². The Hall–Kier alpha value is -4.05. The fourth-order valence-corrected chi connectivity index (χ4v) is 4.32. The predicted molar refractivity (Wildman–Crippen MR) is 118 cm³/mol. The Morgan fingerprint density at radius 1 is 0.600 bits per heavy atom. The van der Waals surface area contributed by atoms with E-state index < -0.39 is 0 Å². The maximum atomic E-state index is 12.2. The molecule has 0 fully saturated rings. The lowest BCUT2D eigenvalue weighted by molar-refractivity contribution is 0.0535. The summed E-state index contributed by atoms with van der Waals surface area (Å²) in [5.41, 5.74) is 7.93. The van der Waals surface area contributed by atoms with Gasteiger partial charge in [0.25, 0.3) is 0 Å². The van der Waals surface area contributed by atoms with Crippen molar-refractivity contribution in [3.63, 3.8) is 0 Å². The van der Waals surface area contributed by atoms with Crippen LogP contribution < -0.4 is 9.80 Å². The first-order valence-electron chi connectivity index (χ1n) is 9.95. The standard InChI is InChI=1S/C26H18N2O2/c29-26-21-16-20(15-14-18(21)17-30-26)28-24-12-6-4-10-22(24)27(19-8-2-1-3-9-19)23-11-5-7-13-25(23)28/h1-16H,17H2. The molecule has 2 aliphatic rings. The normalized spacial score (nSPS) is 14.1. The summed E-state index contributed by atoms with van der Waals surface area (Å²) in [6.45, 7) is 0.351. The molecule has 4 aromatic rings. The maximum absolute atomic E-state index is 12.2. The van der Waals surface area contributed by atoms with E-state index in [2.05, 4.69) is 76.5 Å². The first kappa shape index (κ1) is 16.9. The number of rotatable bonds is 2.